The molecule has 4 nitrogen and oxygen atoms in total. The molecule has 0 amide bonds. The number of benzene rings is 6. The summed E-state index contributed by atoms with van der Waals surface area (Å²) in [6.45, 7) is 7.90. The lowest BCUT2D eigenvalue weighted by atomic mass is 9.79. The highest BCUT2D eigenvalue weighted by molar-refractivity contribution is 6.99. The predicted molar refractivity (Wildman–Crippen MR) is 240 cm³/mol. The van der Waals surface area contributed by atoms with Crippen molar-refractivity contribution < 1.29 is 31.8 Å². The van der Waals surface area contributed by atoms with E-state index in [4.69, 9.17) is 18.6 Å². The average Bonchev–Trinajstić information content (AvgIpc) is 3.29. The van der Waals surface area contributed by atoms with E-state index in [0.717, 1.165) is 64.9 Å². The molecule has 8 heteroatoms. The minimum absolute atomic E-state index is 0.0213. The van der Waals surface area contributed by atoms with Crippen molar-refractivity contribution >= 4 is 18.7 Å². The smallest absolute Gasteiger partial charge is 0.405 e. The Labute approximate surface area is 360 Å². The molecule has 0 heterocycles. The maximum absolute atomic E-state index is 13.4. The molecule has 61 heavy (non-hydrogen) atoms. The van der Waals surface area contributed by atoms with Gasteiger partial charge in [0, 0.05) is 0 Å². The molecule has 1 aliphatic rings. The van der Waals surface area contributed by atoms with Crippen molar-refractivity contribution in [2.75, 3.05) is 19.8 Å². The van der Waals surface area contributed by atoms with Gasteiger partial charge in [-0.2, -0.15) is 13.2 Å². The second-order valence-corrected chi connectivity index (χ2v) is 21.5. The summed E-state index contributed by atoms with van der Waals surface area (Å²) in [7, 11) is -2.92. The lowest BCUT2D eigenvalue weighted by Gasteiger charge is -2.43. The Morgan fingerprint density at radius 1 is 0.574 bits per heavy atom. The molecular weight excluding hydrogens is 786 g/mol. The van der Waals surface area contributed by atoms with Gasteiger partial charge in [-0.25, -0.2) is 0 Å². The third kappa shape index (κ3) is 10.4. The molecule has 1 saturated carbocycles. The first kappa shape index (κ1) is 44.2. The van der Waals surface area contributed by atoms with E-state index in [-0.39, 0.29) is 36.9 Å². The summed E-state index contributed by atoms with van der Waals surface area (Å²) in [5.41, 5.74) is 2.39. The van der Waals surface area contributed by atoms with Crippen molar-refractivity contribution in [1.82, 2.24) is 0 Å². The molecule has 0 radical (unpaired) electrons. The van der Waals surface area contributed by atoms with E-state index >= 15 is 0 Å². The van der Waals surface area contributed by atoms with Crippen molar-refractivity contribution in [1.29, 1.82) is 0 Å². The van der Waals surface area contributed by atoms with Crippen molar-refractivity contribution in [3.8, 4) is 0 Å². The highest BCUT2D eigenvalue weighted by atomic mass is 28.4. The molecule has 0 unspecified atom stereocenters. The van der Waals surface area contributed by atoms with Gasteiger partial charge in [0.25, 0.3) is 8.32 Å². The zero-order chi connectivity index (χ0) is 42.8. The van der Waals surface area contributed by atoms with Crippen LogP contribution in [0.3, 0.4) is 0 Å². The van der Waals surface area contributed by atoms with Gasteiger partial charge in [-0.1, -0.05) is 191 Å². The number of hydrogen-bond acceptors (Lipinski definition) is 4. The van der Waals surface area contributed by atoms with Gasteiger partial charge in [-0.15, -0.1) is 0 Å². The lowest BCUT2D eigenvalue weighted by Crippen LogP contribution is -2.67. The zero-order valence-corrected chi connectivity index (χ0v) is 36.4. The van der Waals surface area contributed by atoms with Gasteiger partial charge in [0.05, 0.1) is 38.1 Å². The molecule has 3 atom stereocenters. The van der Waals surface area contributed by atoms with E-state index in [1.165, 1.54) is 12.1 Å². The average molecular weight is 843 g/mol. The molecule has 0 bridgehead atoms. The Hall–Kier alpha value is -4.83. The molecule has 0 N–H and O–H groups in total. The van der Waals surface area contributed by atoms with Crippen molar-refractivity contribution in [2.24, 2.45) is 5.92 Å². The molecule has 7 rings (SSSR count). The SMILES string of the molecule is CC(C)(C)[Si](OC[C@H](CO[C@@H]1CCC[C@H](COC(c2ccccc2)(c2ccccc2)c2ccccc2)C1)OCc1ccc(C(F)(F)F)cc1)(c1ccccc1)c1ccccc1. The quantitative estimate of drug-likeness (QED) is 0.0677. The van der Waals surface area contributed by atoms with Gasteiger partial charge in [0.2, 0.25) is 0 Å². The Kier molecular flexibility index (Phi) is 14.4. The van der Waals surface area contributed by atoms with Crippen LogP contribution in [-0.2, 0) is 37.0 Å². The fraction of sp³-hybridized carbons (Fsp3) is 0.321. The number of ether oxygens (including phenoxy) is 3. The summed E-state index contributed by atoms with van der Waals surface area (Å²) in [6.07, 6.45) is -1.14. The molecule has 6 aromatic rings. The van der Waals surface area contributed by atoms with Crippen LogP contribution in [0.15, 0.2) is 176 Å². The van der Waals surface area contributed by atoms with Crippen molar-refractivity contribution in [2.45, 2.75) is 82.1 Å². The van der Waals surface area contributed by atoms with E-state index in [0.29, 0.717) is 12.2 Å². The molecule has 1 fully saturated rings. The van der Waals surface area contributed by atoms with Crippen LogP contribution in [0.4, 0.5) is 13.2 Å². The van der Waals surface area contributed by atoms with Gasteiger partial charge in [0.1, 0.15) is 11.7 Å². The second kappa shape index (κ2) is 19.9. The summed E-state index contributed by atoms with van der Waals surface area (Å²) in [5.74, 6) is 0.258. The molecule has 1 aliphatic carbocycles. The summed E-state index contributed by atoms with van der Waals surface area (Å²) >= 11 is 0. The van der Waals surface area contributed by atoms with E-state index in [1.807, 2.05) is 30.3 Å². The third-order valence-electron chi connectivity index (χ3n) is 12.0. The summed E-state index contributed by atoms with van der Waals surface area (Å²) in [6, 6.07) is 57.5. The lowest BCUT2D eigenvalue weighted by molar-refractivity contribution is -0.137. The van der Waals surface area contributed by atoms with Crippen LogP contribution in [0.5, 0.6) is 0 Å². The molecule has 0 spiro atoms. The fourth-order valence-electron chi connectivity index (χ4n) is 8.93. The number of halogens is 3. The molecular formula is C53H57F3O4Si. The van der Waals surface area contributed by atoms with Gasteiger partial charge in [-0.3, -0.25) is 0 Å². The predicted octanol–water partition coefficient (Wildman–Crippen LogP) is 11.8. The third-order valence-corrected chi connectivity index (χ3v) is 17.0. The van der Waals surface area contributed by atoms with E-state index in [2.05, 4.69) is 142 Å². The first-order valence-corrected chi connectivity index (χ1v) is 23.3. The number of rotatable bonds is 17. The van der Waals surface area contributed by atoms with E-state index < -0.39 is 31.8 Å². The van der Waals surface area contributed by atoms with Gasteiger partial charge in [-0.05, 0) is 75.0 Å². The van der Waals surface area contributed by atoms with Gasteiger partial charge < -0.3 is 18.6 Å². The highest BCUT2D eigenvalue weighted by Gasteiger charge is 2.50. The minimum atomic E-state index is -4.41. The van der Waals surface area contributed by atoms with Crippen LogP contribution in [0, 0.1) is 5.92 Å². The first-order valence-electron chi connectivity index (χ1n) is 21.4. The maximum atomic E-state index is 13.4. The number of hydrogen-bond donors (Lipinski definition) is 0. The summed E-state index contributed by atoms with van der Waals surface area (Å²) < 4.78 is 68.1. The topological polar surface area (TPSA) is 36.9 Å². The Balaban J connectivity index is 1.11. The number of alkyl halides is 3. The monoisotopic (exact) mass is 842 g/mol. The van der Waals surface area contributed by atoms with E-state index in [9.17, 15) is 13.2 Å². The zero-order valence-electron chi connectivity index (χ0n) is 35.4. The van der Waals surface area contributed by atoms with Gasteiger partial charge >= 0.3 is 6.18 Å². The second-order valence-electron chi connectivity index (χ2n) is 17.2. The Morgan fingerprint density at radius 2 is 1.05 bits per heavy atom. The highest BCUT2D eigenvalue weighted by Crippen LogP contribution is 2.42. The standard InChI is InChI=1S/C53H57F3O4Si/c1-51(2,3)61(49-28-15-7-16-29-49,50-30-17-8-18-31-50)60-40-48(57-37-41-32-34-46(35-33-41)53(54,55)56)39-58-47-27-19-20-42(36-47)38-59-52(43-21-9-4-10-22-43,44-23-11-5-12-24-44)45-25-13-6-14-26-45/h4-18,21-26,28-35,42,47-48H,19-20,27,36-40H2,1-3H3/t42-,47+,48-/m0/s1. The molecule has 0 aromatic heterocycles. The van der Waals surface area contributed by atoms with Gasteiger partial charge in [0.15, 0.2) is 0 Å². The Bertz CT molecular complexity index is 2060. The normalized spacial score (nSPS) is 16.9. The largest absolute Gasteiger partial charge is 0.416 e. The molecule has 0 aliphatic heterocycles. The van der Waals surface area contributed by atoms with Crippen LogP contribution in [0.25, 0.3) is 0 Å². The first-order chi connectivity index (χ1) is 29.5. The maximum Gasteiger partial charge on any atom is 0.416 e. The van der Waals surface area contributed by atoms with Crippen molar-refractivity contribution in [3.63, 3.8) is 0 Å². The minimum Gasteiger partial charge on any atom is -0.405 e. The fourth-order valence-corrected chi connectivity index (χ4v) is 13.5. The molecule has 318 valence electrons. The van der Waals surface area contributed by atoms with Crippen LogP contribution in [0.2, 0.25) is 5.04 Å². The van der Waals surface area contributed by atoms with Crippen molar-refractivity contribution in [3.05, 3.63) is 204 Å². The van der Waals surface area contributed by atoms with E-state index in [1.54, 1.807) is 0 Å². The Morgan fingerprint density at radius 3 is 1.51 bits per heavy atom. The molecule has 6 aromatic carbocycles. The van der Waals surface area contributed by atoms with Crippen LogP contribution < -0.4 is 10.4 Å². The molecule has 0 saturated heterocycles. The summed E-state index contributed by atoms with van der Waals surface area (Å²) in [5, 5.41) is 2.06. The summed E-state index contributed by atoms with van der Waals surface area (Å²) in [4.78, 5) is 0. The van der Waals surface area contributed by atoms with Crippen LogP contribution in [-0.4, -0.2) is 40.3 Å². The van der Waals surface area contributed by atoms with Crippen LogP contribution >= 0.6 is 0 Å². The van der Waals surface area contributed by atoms with Crippen LogP contribution in [0.1, 0.15) is 74.3 Å².